The van der Waals surface area contributed by atoms with Crippen molar-refractivity contribution in [1.82, 2.24) is 5.32 Å². The molecule has 1 aliphatic rings. The van der Waals surface area contributed by atoms with Gasteiger partial charge in [-0.1, -0.05) is 26.3 Å². The van der Waals surface area contributed by atoms with Gasteiger partial charge in [-0.25, -0.2) is 4.79 Å². The quantitative estimate of drug-likeness (QED) is 0.707. The minimum Gasteiger partial charge on any atom is -0.444 e. The van der Waals surface area contributed by atoms with E-state index in [9.17, 15) is 4.79 Å². The average molecular weight is 347 g/mol. The van der Waals surface area contributed by atoms with Crippen LogP contribution in [0.1, 0.15) is 83.9 Å². The van der Waals surface area contributed by atoms with Gasteiger partial charge in [0.15, 0.2) is 0 Å². The number of nitrogens with one attached hydrogen (secondary N) is 2. The number of carbonyl (C=O) groups is 1. The highest BCUT2D eigenvalue weighted by atomic mass is 16.6. The number of ether oxygens (including phenoxy) is 1. The number of anilines is 1. The molecule has 0 bridgehead atoms. The van der Waals surface area contributed by atoms with Crippen LogP contribution in [0.2, 0.25) is 0 Å². The van der Waals surface area contributed by atoms with E-state index in [0.29, 0.717) is 12.1 Å². The SMILES string of the molecule is CCCC(CC)NC1CCCc2cc(NC(=O)OC(C)(C)C)ccc21. The van der Waals surface area contributed by atoms with Crippen LogP contribution < -0.4 is 10.6 Å². The summed E-state index contributed by atoms with van der Waals surface area (Å²) in [6, 6.07) is 7.27. The van der Waals surface area contributed by atoms with E-state index in [-0.39, 0.29) is 0 Å². The van der Waals surface area contributed by atoms with E-state index in [0.717, 1.165) is 18.5 Å². The maximum absolute atomic E-state index is 12.0. The molecule has 1 aliphatic carbocycles. The Morgan fingerprint density at radius 2 is 2.08 bits per heavy atom. The molecule has 2 rings (SSSR count). The Balaban J connectivity index is 2.07. The van der Waals surface area contributed by atoms with Crippen molar-refractivity contribution in [3.63, 3.8) is 0 Å². The summed E-state index contributed by atoms with van der Waals surface area (Å²) in [5, 5.41) is 6.70. The smallest absolute Gasteiger partial charge is 0.412 e. The van der Waals surface area contributed by atoms with Gasteiger partial charge < -0.3 is 10.1 Å². The Labute approximate surface area is 152 Å². The van der Waals surface area contributed by atoms with Gasteiger partial charge in [-0.05, 0) is 76.1 Å². The van der Waals surface area contributed by atoms with Crippen LogP contribution >= 0.6 is 0 Å². The summed E-state index contributed by atoms with van der Waals surface area (Å²) in [7, 11) is 0. The molecule has 0 aromatic heterocycles. The Kier molecular flexibility index (Phi) is 6.88. The molecule has 4 nitrogen and oxygen atoms in total. The number of fused-ring (bicyclic) bond motifs is 1. The minimum absolute atomic E-state index is 0.396. The highest BCUT2D eigenvalue weighted by molar-refractivity contribution is 5.85. The Hall–Kier alpha value is -1.55. The van der Waals surface area contributed by atoms with E-state index >= 15 is 0 Å². The molecule has 1 amide bonds. The van der Waals surface area contributed by atoms with Crippen molar-refractivity contribution in [2.45, 2.75) is 90.8 Å². The molecule has 0 fully saturated rings. The fourth-order valence-electron chi connectivity index (χ4n) is 3.52. The maximum Gasteiger partial charge on any atom is 0.412 e. The number of amides is 1. The van der Waals surface area contributed by atoms with Crippen molar-refractivity contribution in [2.75, 3.05) is 5.32 Å². The van der Waals surface area contributed by atoms with Crippen molar-refractivity contribution >= 4 is 11.8 Å². The zero-order valence-electron chi connectivity index (χ0n) is 16.4. The van der Waals surface area contributed by atoms with E-state index < -0.39 is 11.7 Å². The zero-order chi connectivity index (χ0) is 18.4. The number of aryl methyl sites for hydroxylation is 1. The first kappa shape index (κ1) is 19.8. The van der Waals surface area contributed by atoms with Crippen molar-refractivity contribution in [1.29, 1.82) is 0 Å². The molecule has 1 aromatic carbocycles. The second-order valence-electron chi connectivity index (χ2n) is 8.05. The predicted molar refractivity (Wildman–Crippen MR) is 104 cm³/mol. The number of rotatable bonds is 6. The molecule has 2 atom stereocenters. The van der Waals surface area contributed by atoms with E-state index in [1.54, 1.807) is 0 Å². The molecule has 0 saturated heterocycles. The van der Waals surface area contributed by atoms with Gasteiger partial charge >= 0.3 is 6.09 Å². The molecule has 140 valence electrons. The van der Waals surface area contributed by atoms with Crippen molar-refractivity contribution in [3.8, 4) is 0 Å². The first-order valence-corrected chi connectivity index (χ1v) is 9.71. The summed E-state index contributed by atoms with van der Waals surface area (Å²) in [5.41, 5.74) is 3.05. The van der Waals surface area contributed by atoms with Crippen LogP contribution in [-0.2, 0) is 11.2 Å². The van der Waals surface area contributed by atoms with Crippen LogP contribution in [0.25, 0.3) is 0 Å². The van der Waals surface area contributed by atoms with Gasteiger partial charge in [0.25, 0.3) is 0 Å². The standard InChI is InChI=1S/C21H34N2O2/c1-6-9-16(7-2)22-19-11-8-10-15-14-17(12-13-18(15)19)23-20(24)25-21(3,4)5/h12-14,16,19,22H,6-11H2,1-5H3,(H,23,24). The largest absolute Gasteiger partial charge is 0.444 e. The van der Waals surface area contributed by atoms with Gasteiger partial charge in [-0.3, -0.25) is 5.32 Å². The van der Waals surface area contributed by atoms with Gasteiger partial charge in [0.2, 0.25) is 0 Å². The number of hydrogen-bond donors (Lipinski definition) is 2. The van der Waals surface area contributed by atoms with Crippen LogP contribution in [0, 0.1) is 0 Å². The van der Waals surface area contributed by atoms with Crippen LogP contribution in [0.15, 0.2) is 18.2 Å². The Morgan fingerprint density at radius 1 is 1.32 bits per heavy atom. The van der Waals surface area contributed by atoms with Crippen LogP contribution in [-0.4, -0.2) is 17.7 Å². The second kappa shape index (κ2) is 8.70. The minimum atomic E-state index is -0.484. The first-order valence-electron chi connectivity index (χ1n) is 9.71. The molecule has 0 heterocycles. The molecule has 2 N–H and O–H groups in total. The van der Waals surface area contributed by atoms with Gasteiger partial charge in [-0.15, -0.1) is 0 Å². The average Bonchev–Trinajstić information content (AvgIpc) is 2.52. The lowest BCUT2D eigenvalue weighted by atomic mass is 9.86. The first-order chi connectivity index (χ1) is 11.8. The lowest BCUT2D eigenvalue weighted by Gasteiger charge is -2.30. The normalized spacial score (nSPS) is 18.4. The third-order valence-electron chi connectivity index (χ3n) is 4.67. The van der Waals surface area contributed by atoms with Crippen LogP contribution in [0.5, 0.6) is 0 Å². The zero-order valence-corrected chi connectivity index (χ0v) is 16.4. The van der Waals surface area contributed by atoms with Crippen LogP contribution in [0.4, 0.5) is 10.5 Å². The fourth-order valence-corrected chi connectivity index (χ4v) is 3.52. The molecular formula is C21H34N2O2. The number of hydrogen-bond acceptors (Lipinski definition) is 3. The summed E-state index contributed by atoms with van der Waals surface area (Å²) < 4.78 is 5.34. The summed E-state index contributed by atoms with van der Waals surface area (Å²) in [6.45, 7) is 10.1. The topological polar surface area (TPSA) is 50.4 Å². The Bertz CT molecular complexity index is 578. The fraction of sp³-hybridized carbons (Fsp3) is 0.667. The van der Waals surface area contributed by atoms with E-state index in [4.69, 9.17) is 4.74 Å². The van der Waals surface area contributed by atoms with Gasteiger partial charge in [0.1, 0.15) is 5.60 Å². The second-order valence-corrected chi connectivity index (χ2v) is 8.05. The lowest BCUT2D eigenvalue weighted by Crippen LogP contribution is -2.34. The van der Waals surface area contributed by atoms with Crippen LogP contribution in [0.3, 0.4) is 0 Å². The monoisotopic (exact) mass is 346 g/mol. The molecular weight excluding hydrogens is 312 g/mol. The van der Waals surface area contributed by atoms with Gasteiger partial charge in [0.05, 0.1) is 0 Å². The van der Waals surface area contributed by atoms with Gasteiger partial charge in [0, 0.05) is 17.8 Å². The molecule has 4 heteroatoms. The van der Waals surface area contributed by atoms with E-state index in [2.05, 4.69) is 36.6 Å². The lowest BCUT2D eigenvalue weighted by molar-refractivity contribution is 0.0636. The van der Waals surface area contributed by atoms with Crippen molar-refractivity contribution < 1.29 is 9.53 Å². The summed E-state index contributed by atoms with van der Waals surface area (Å²) in [6.07, 6.45) is 6.64. The van der Waals surface area contributed by atoms with E-state index in [1.807, 2.05) is 26.8 Å². The molecule has 25 heavy (non-hydrogen) atoms. The van der Waals surface area contributed by atoms with Crippen molar-refractivity contribution in [3.05, 3.63) is 29.3 Å². The van der Waals surface area contributed by atoms with Crippen molar-refractivity contribution in [2.24, 2.45) is 0 Å². The summed E-state index contributed by atoms with van der Waals surface area (Å²) >= 11 is 0. The highest BCUT2D eigenvalue weighted by Crippen LogP contribution is 2.32. The number of benzene rings is 1. The highest BCUT2D eigenvalue weighted by Gasteiger charge is 2.23. The third kappa shape index (κ3) is 6.03. The maximum atomic E-state index is 12.0. The molecule has 0 spiro atoms. The molecule has 0 aliphatic heterocycles. The third-order valence-corrected chi connectivity index (χ3v) is 4.67. The number of carbonyl (C=O) groups excluding carboxylic acids is 1. The molecule has 0 saturated carbocycles. The van der Waals surface area contributed by atoms with Gasteiger partial charge in [-0.2, -0.15) is 0 Å². The predicted octanol–water partition coefficient (Wildman–Crippen LogP) is 5.58. The molecule has 2 unspecified atom stereocenters. The van der Waals surface area contributed by atoms with E-state index in [1.165, 1.54) is 36.8 Å². The summed E-state index contributed by atoms with van der Waals surface area (Å²) in [4.78, 5) is 12.0. The molecule has 1 aromatic rings. The Morgan fingerprint density at radius 3 is 2.72 bits per heavy atom. The molecule has 0 radical (unpaired) electrons. The summed E-state index contributed by atoms with van der Waals surface area (Å²) in [5.74, 6) is 0.